The predicted molar refractivity (Wildman–Crippen MR) is 76.3 cm³/mol. The molecule has 2 heteroatoms. The average Bonchev–Trinajstić information content (AvgIpc) is 2.45. The van der Waals surface area contributed by atoms with Crippen molar-refractivity contribution in [2.24, 2.45) is 0 Å². The summed E-state index contributed by atoms with van der Waals surface area (Å²) in [5, 5.41) is 2.77. The maximum absolute atomic E-state index is 11.6. The Bertz CT molecular complexity index is 603. The van der Waals surface area contributed by atoms with E-state index in [4.69, 9.17) is 0 Å². The first-order chi connectivity index (χ1) is 9.24. The van der Waals surface area contributed by atoms with Crippen molar-refractivity contribution in [3.05, 3.63) is 71.3 Å². The summed E-state index contributed by atoms with van der Waals surface area (Å²) in [6.45, 7) is 2.52. The lowest BCUT2D eigenvalue weighted by atomic mass is 10.1. The molecule has 0 aliphatic carbocycles. The van der Waals surface area contributed by atoms with E-state index in [2.05, 4.69) is 17.2 Å². The largest absolute Gasteiger partial charge is 0.341 e. The van der Waals surface area contributed by atoms with Gasteiger partial charge in [0.25, 0.3) is 5.91 Å². The summed E-state index contributed by atoms with van der Waals surface area (Å²) in [7, 11) is 0. The van der Waals surface area contributed by atoms with Gasteiger partial charge in [-0.2, -0.15) is 0 Å². The van der Waals surface area contributed by atoms with Crippen molar-refractivity contribution in [2.45, 2.75) is 13.5 Å². The van der Waals surface area contributed by atoms with Crippen molar-refractivity contribution in [3.63, 3.8) is 0 Å². The van der Waals surface area contributed by atoms with Crippen LogP contribution >= 0.6 is 0 Å². The average molecular weight is 249 g/mol. The van der Waals surface area contributed by atoms with Gasteiger partial charge in [-0.05, 0) is 24.6 Å². The summed E-state index contributed by atoms with van der Waals surface area (Å²) < 4.78 is 0. The molecule has 0 fully saturated rings. The smallest absolute Gasteiger partial charge is 0.296 e. The molecular weight excluding hydrogens is 234 g/mol. The Balaban J connectivity index is 1.90. The number of aryl methyl sites for hydroxylation is 1. The molecule has 2 nitrogen and oxygen atoms in total. The van der Waals surface area contributed by atoms with Crippen LogP contribution in [0.5, 0.6) is 0 Å². The Kier molecular flexibility index (Phi) is 4.36. The van der Waals surface area contributed by atoms with Gasteiger partial charge in [-0.15, -0.1) is 0 Å². The molecule has 0 spiro atoms. The van der Waals surface area contributed by atoms with E-state index in [0.29, 0.717) is 6.54 Å². The summed E-state index contributed by atoms with van der Waals surface area (Å²) in [5.41, 5.74) is 3.09. The fraction of sp³-hybridized carbons (Fsp3) is 0.118. The highest BCUT2D eigenvalue weighted by Gasteiger charge is 1.95. The molecule has 0 bridgehead atoms. The van der Waals surface area contributed by atoms with Crippen LogP contribution in [0.2, 0.25) is 0 Å². The number of carbonyl (C=O) groups excluding carboxylic acids is 1. The molecule has 0 saturated carbocycles. The van der Waals surface area contributed by atoms with E-state index in [9.17, 15) is 4.79 Å². The second-order valence-corrected chi connectivity index (χ2v) is 4.28. The minimum absolute atomic E-state index is 0.260. The van der Waals surface area contributed by atoms with Gasteiger partial charge in [0.2, 0.25) is 0 Å². The fourth-order valence-electron chi connectivity index (χ4n) is 1.59. The lowest BCUT2D eigenvalue weighted by molar-refractivity contribution is -0.115. The highest BCUT2D eigenvalue weighted by molar-refractivity contribution is 5.94. The van der Waals surface area contributed by atoms with E-state index < -0.39 is 0 Å². The Morgan fingerprint density at radius 2 is 1.74 bits per heavy atom. The van der Waals surface area contributed by atoms with Crippen molar-refractivity contribution in [1.29, 1.82) is 0 Å². The molecule has 1 amide bonds. The molecule has 0 aromatic heterocycles. The van der Waals surface area contributed by atoms with Crippen LogP contribution in [0.15, 0.2) is 54.6 Å². The van der Waals surface area contributed by atoms with Gasteiger partial charge >= 0.3 is 0 Å². The second kappa shape index (κ2) is 6.42. The first-order valence-corrected chi connectivity index (χ1v) is 6.14. The van der Waals surface area contributed by atoms with Crippen LogP contribution in [0, 0.1) is 18.8 Å². The van der Waals surface area contributed by atoms with E-state index in [0.717, 1.165) is 11.1 Å². The van der Waals surface area contributed by atoms with Gasteiger partial charge < -0.3 is 5.32 Å². The fourth-order valence-corrected chi connectivity index (χ4v) is 1.59. The molecule has 0 heterocycles. The molecule has 1 N–H and O–H groups in total. The summed E-state index contributed by atoms with van der Waals surface area (Å²) in [6.07, 6.45) is 0. The standard InChI is InChI=1S/C17H15NO/c1-14-7-9-15(10-8-14)11-12-17(19)18-13-16-5-3-2-4-6-16/h2-10H,13H2,1H3,(H,18,19). The number of benzene rings is 2. The second-order valence-electron chi connectivity index (χ2n) is 4.28. The van der Waals surface area contributed by atoms with Gasteiger partial charge in [0.05, 0.1) is 0 Å². The SMILES string of the molecule is Cc1ccc(C#CC(=O)NCc2ccccc2)cc1. The number of rotatable bonds is 2. The molecule has 0 unspecified atom stereocenters. The van der Waals surface area contributed by atoms with Gasteiger partial charge in [0.1, 0.15) is 0 Å². The topological polar surface area (TPSA) is 29.1 Å². The molecular formula is C17H15NO. The van der Waals surface area contributed by atoms with Crippen molar-refractivity contribution in [2.75, 3.05) is 0 Å². The highest BCUT2D eigenvalue weighted by Crippen LogP contribution is 2.01. The minimum atomic E-state index is -0.260. The third-order valence-corrected chi connectivity index (χ3v) is 2.67. The number of carbonyl (C=O) groups is 1. The first-order valence-electron chi connectivity index (χ1n) is 6.14. The van der Waals surface area contributed by atoms with E-state index in [-0.39, 0.29) is 5.91 Å². The number of amides is 1. The van der Waals surface area contributed by atoms with Gasteiger partial charge in [-0.1, -0.05) is 53.9 Å². The minimum Gasteiger partial charge on any atom is -0.341 e. The quantitative estimate of drug-likeness (QED) is 0.815. The molecule has 0 aliphatic heterocycles. The van der Waals surface area contributed by atoms with Crippen LogP contribution in [0.1, 0.15) is 16.7 Å². The van der Waals surface area contributed by atoms with E-state index in [1.54, 1.807) is 0 Å². The van der Waals surface area contributed by atoms with Crippen LogP contribution in [-0.4, -0.2) is 5.91 Å². The third kappa shape index (κ3) is 4.33. The molecule has 94 valence electrons. The van der Waals surface area contributed by atoms with Crippen molar-refractivity contribution in [1.82, 2.24) is 5.32 Å². The Morgan fingerprint density at radius 1 is 1.05 bits per heavy atom. The Hall–Kier alpha value is -2.53. The normalized spacial score (nSPS) is 9.32. The molecule has 19 heavy (non-hydrogen) atoms. The molecule has 0 aliphatic rings. The van der Waals surface area contributed by atoms with Crippen LogP contribution in [0.25, 0.3) is 0 Å². The van der Waals surface area contributed by atoms with E-state index in [1.165, 1.54) is 5.56 Å². The number of hydrogen-bond acceptors (Lipinski definition) is 1. The molecule has 0 atom stereocenters. The lowest BCUT2D eigenvalue weighted by Gasteiger charge is -2.00. The van der Waals surface area contributed by atoms with Gasteiger partial charge in [-0.3, -0.25) is 4.79 Å². The highest BCUT2D eigenvalue weighted by atomic mass is 16.1. The van der Waals surface area contributed by atoms with Crippen molar-refractivity contribution in [3.8, 4) is 11.8 Å². The third-order valence-electron chi connectivity index (χ3n) is 2.67. The summed E-state index contributed by atoms with van der Waals surface area (Å²) in [6, 6.07) is 17.5. The van der Waals surface area contributed by atoms with Gasteiger partial charge in [0, 0.05) is 18.0 Å². The lowest BCUT2D eigenvalue weighted by Crippen LogP contribution is -2.20. The first kappa shape index (κ1) is 12.9. The van der Waals surface area contributed by atoms with Crippen LogP contribution < -0.4 is 5.32 Å². The molecule has 0 saturated heterocycles. The van der Waals surface area contributed by atoms with E-state index in [1.807, 2.05) is 61.5 Å². The predicted octanol–water partition coefficient (Wildman–Crippen LogP) is 2.66. The molecule has 0 radical (unpaired) electrons. The monoisotopic (exact) mass is 249 g/mol. The molecule has 2 aromatic carbocycles. The maximum atomic E-state index is 11.6. The zero-order valence-electron chi connectivity index (χ0n) is 10.8. The van der Waals surface area contributed by atoms with Crippen LogP contribution in [0.4, 0.5) is 0 Å². The summed E-state index contributed by atoms with van der Waals surface area (Å²) in [4.78, 5) is 11.6. The zero-order valence-corrected chi connectivity index (χ0v) is 10.8. The number of nitrogens with one attached hydrogen (secondary N) is 1. The molecule has 2 aromatic rings. The van der Waals surface area contributed by atoms with Crippen molar-refractivity contribution >= 4 is 5.91 Å². The Labute approximate surface area is 113 Å². The maximum Gasteiger partial charge on any atom is 0.296 e. The van der Waals surface area contributed by atoms with Crippen LogP contribution in [0.3, 0.4) is 0 Å². The van der Waals surface area contributed by atoms with E-state index >= 15 is 0 Å². The summed E-state index contributed by atoms with van der Waals surface area (Å²) in [5.74, 6) is 5.17. The number of hydrogen-bond donors (Lipinski definition) is 1. The summed E-state index contributed by atoms with van der Waals surface area (Å²) >= 11 is 0. The molecule has 2 rings (SSSR count). The Morgan fingerprint density at radius 3 is 2.42 bits per heavy atom. The zero-order chi connectivity index (χ0) is 13.5. The van der Waals surface area contributed by atoms with Gasteiger partial charge in [0.15, 0.2) is 0 Å². The van der Waals surface area contributed by atoms with Gasteiger partial charge in [-0.25, -0.2) is 0 Å². The van der Waals surface area contributed by atoms with Crippen LogP contribution in [-0.2, 0) is 11.3 Å². The van der Waals surface area contributed by atoms with Crippen molar-refractivity contribution < 1.29 is 4.79 Å².